The molecule has 4 nitrogen and oxygen atoms in total. The van der Waals surface area contributed by atoms with E-state index in [1.807, 2.05) is 24.3 Å². The highest BCUT2D eigenvalue weighted by Gasteiger charge is 2.06. The first-order valence-corrected chi connectivity index (χ1v) is 6.31. The smallest absolute Gasteiger partial charge is 0.258 e. The number of aromatic nitrogens is 2. The fourth-order valence-corrected chi connectivity index (χ4v) is 1.58. The highest BCUT2D eigenvalue weighted by molar-refractivity contribution is 9.10. The Morgan fingerprint density at radius 1 is 1.29 bits per heavy atom. The lowest BCUT2D eigenvalue weighted by molar-refractivity contribution is 0.309. The van der Waals surface area contributed by atoms with E-state index in [1.165, 1.54) is 0 Å². The SMILES string of the molecule is CCCCOc1ccc(-c2nc(Br)no2)cc1. The maximum atomic E-state index is 5.57. The van der Waals surface area contributed by atoms with Gasteiger partial charge in [-0.05, 0) is 51.8 Å². The van der Waals surface area contributed by atoms with E-state index in [1.54, 1.807) is 0 Å². The van der Waals surface area contributed by atoms with Crippen molar-refractivity contribution in [3.63, 3.8) is 0 Å². The van der Waals surface area contributed by atoms with Gasteiger partial charge < -0.3 is 9.26 Å². The van der Waals surface area contributed by atoms with Crippen molar-refractivity contribution in [1.29, 1.82) is 0 Å². The Morgan fingerprint density at radius 3 is 2.65 bits per heavy atom. The van der Waals surface area contributed by atoms with Gasteiger partial charge in [-0.15, -0.1) is 0 Å². The van der Waals surface area contributed by atoms with Crippen LogP contribution < -0.4 is 4.74 Å². The number of nitrogens with zero attached hydrogens (tertiary/aromatic N) is 2. The zero-order valence-corrected chi connectivity index (χ0v) is 11.1. The van der Waals surface area contributed by atoms with Crippen molar-refractivity contribution < 1.29 is 9.26 Å². The summed E-state index contributed by atoms with van der Waals surface area (Å²) in [5.74, 6) is 1.36. The van der Waals surface area contributed by atoms with Crippen molar-refractivity contribution >= 4 is 15.9 Å². The molecule has 2 aromatic rings. The van der Waals surface area contributed by atoms with Crippen LogP contribution in [0, 0.1) is 0 Å². The van der Waals surface area contributed by atoms with E-state index in [2.05, 4.69) is 33.0 Å². The predicted octanol–water partition coefficient (Wildman–Crippen LogP) is 3.68. The molecule has 0 saturated carbocycles. The Morgan fingerprint density at radius 2 is 2.06 bits per heavy atom. The lowest BCUT2D eigenvalue weighted by atomic mass is 10.2. The molecule has 0 atom stereocenters. The molecule has 5 heteroatoms. The van der Waals surface area contributed by atoms with Crippen LogP contribution in [0.4, 0.5) is 0 Å². The van der Waals surface area contributed by atoms with Gasteiger partial charge in [0, 0.05) is 5.56 Å². The topological polar surface area (TPSA) is 48.2 Å². The highest BCUT2D eigenvalue weighted by Crippen LogP contribution is 2.22. The summed E-state index contributed by atoms with van der Waals surface area (Å²) in [7, 11) is 0. The van der Waals surface area contributed by atoms with Crippen molar-refractivity contribution in [2.45, 2.75) is 19.8 Å². The Balaban J connectivity index is 2.02. The Labute approximate surface area is 108 Å². The van der Waals surface area contributed by atoms with Crippen LogP contribution in [0.1, 0.15) is 19.8 Å². The largest absolute Gasteiger partial charge is 0.494 e. The number of hydrogen-bond acceptors (Lipinski definition) is 4. The van der Waals surface area contributed by atoms with Crippen molar-refractivity contribution in [2.75, 3.05) is 6.61 Å². The van der Waals surface area contributed by atoms with Crippen LogP contribution in [0.25, 0.3) is 11.5 Å². The lowest BCUT2D eigenvalue weighted by Gasteiger charge is -2.04. The molecule has 0 spiro atoms. The predicted molar refractivity (Wildman–Crippen MR) is 67.8 cm³/mol. The fraction of sp³-hybridized carbons (Fsp3) is 0.333. The lowest BCUT2D eigenvalue weighted by Crippen LogP contribution is -1.95. The number of unbranched alkanes of at least 4 members (excludes halogenated alkanes) is 1. The van der Waals surface area contributed by atoms with Crippen LogP contribution in [0.5, 0.6) is 5.75 Å². The highest BCUT2D eigenvalue weighted by atomic mass is 79.9. The molecule has 1 heterocycles. The van der Waals surface area contributed by atoms with Gasteiger partial charge in [0.1, 0.15) is 5.75 Å². The summed E-state index contributed by atoms with van der Waals surface area (Å²) in [6.45, 7) is 2.89. The third kappa shape index (κ3) is 3.30. The number of halogens is 1. The van der Waals surface area contributed by atoms with Gasteiger partial charge >= 0.3 is 0 Å². The maximum absolute atomic E-state index is 5.57. The Kier molecular flexibility index (Phi) is 4.14. The zero-order valence-electron chi connectivity index (χ0n) is 9.52. The van der Waals surface area contributed by atoms with E-state index in [0.717, 1.165) is 30.8 Å². The summed E-state index contributed by atoms with van der Waals surface area (Å²) in [6.07, 6.45) is 2.20. The number of ether oxygens (including phenoxy) is 1. The minimum absolute atomic E-state index is 0.454. The van der Waals surface area contributed by atoms with Crippen molar-refractivity contribution in [3.8, 4) is 17.2 Å². The van der Waals surface area contributed by atoms with E-state index in [-0.39, 0.29) is 0 Å². The normalized spacial score (nSPS) is 10.5. The molecule has 17 heavy (non-hydrogen) atoms. The van der Waals surface area contributed by atoms with Crippen LogP contribution in [0.3, 0.4) is 0 Å². The summed E-state index contributed by atoms with van der Waals surface area (Å²) in [5.41, 5.74) is 0.881. The minimum atomic E-state index is 0.454. The summed E-state index contributed by atoms with van der Waals surface area (Å²) < 4.78 is 11.1. The van der Waals surface area contributed by atoms with Crippen LogP contribution in [-0.4, -0.2) is 16.7 Å². The third-order valence-corrected chi connectivity index (χ3v) is 2.59. The second kappa shape index (κ2) is 5.82. The van der Waals surface area contributed by atoms with E-state index >= 15 is 0 Å². The quantitative estimate of drug-likeness (QED) is 0.790. The molecule has 0 radical (unpaired) electrons. The van der Waals surface area contributed by atoms with Gasteiger partial charge in [0.25, 0.3) is 5.89 Å². The van der Waals surface area contributed by atoms with Gasteiger partial charge in [-0.1, -0.05) is 13.3 Å². The average Bonchev–Trinajstić information content (AvgIpc) is 2.77. The van der Waals surface area contributed by atoms with Gasteiger partial charge in [0.15, 0.2) is 0 Å². The molecule has 0 N–H and O–H groups in total. The molecule has 0 bridgehead atoms. The molecule has 0 aliphatic heterocycles. The first kappa shape index (κ1) is 12.1. The van der Waals surface area contributed by atoms with Crippen LogP contribution >= 0.6 is 15.9 Å². The fourth-order valence-electron chi connectivity index (χ4n) is 1.35. The molecule has 90 valence electrons. The Hall–Kier alpha value is -1.36. The van der Waals surface area contributed by atoms with Crippen LogP contribution in [-0.2, 0) is 0 Å². The van der Waals surface area contributed by atoms with Crippen LogP contribution in [0.15, 0.2) is 33.5 Å². The van der Waals surface area contributed by atoms with Gasteiger partial charge in [-0.25, -0.2) is 0 Å². The van der Waals surface area contributed by atoms with E-state index < -0.39 is 0 Å². The first-order chi connectivity index (χ1) is 8.29. The summed E-state index contributed by atoms with van der Waals surface area (Å²) in [5, 5.41) is 3.68. The van der Waals surface area contributed by atoms with Gasteiger partial charge in [0.2, 0.25) is 4.73 Å². The standard InChI is InChI=1S/C12H13BrN2O2/c1-2-3-8-16-10-6-4-9(5-7-10)11-14-12(13)15-17-11/h4-7H,2-3,8H2,1H3. The van der Waals surface area contributed by atoms with Crippen LogP contribution in [0.2, 0.25) is 0 Å². The minimum Gasteiger partial charge on any atom is -0.494 e. The molecule has 0 saturated heterocycles. The molecule has 0 fully saturated rings. The molecule has 0 aliphatic rings. The van der Waals surface area contributed by atoms with Crippen molar-refractivity contribution in [3.05, 3.63) is 29.0 Å². The van der Waals surface area contributed by atoms with Gasteiger partial charge in [0.05, 0.1) is 6.61 Å². The molecule has 0 aliphatic carbocycles. The molecule has 0 amide bonds. The van der Waals surface area contributed by atoms with E-state index in [9.17, 15) is 0 Å². The number of hydrogen-bond donors (Lipinski definition) is 0. The average molecular weight is 297 g/mol. The summed E-state index contributed by atoms with van der Waals surface area (Å²) in [4.78, 5) is 4.08. The summed E-state index contributed by atoms with van der Waals surface area (Å²) >= 11 is 3.15. The zero-order chi connectivity index (χ0) is 12.1. The number of benzene rings is 1. The second-order valence-corrected chi connectivity index (χ2v) is 4.30. The first-order valence-electron chi connectivity index (χ1n) is 5.52. The maximum Gasteiger partial charge on any atom is 0.258 e. The summed E-state index contributed by atoms with van der Waals surface area (Å²) in [6, 6.07) is 7.62. The van der Waals surface area contributed by atoms with Gasteiger partial charge in [-0.2, -0.15) is 4.98 Å². The molecular formula is C12H13BrN2O2. The van der Waals surface area contributed by atoms with Gasteiger partial charge in [-0.3, -0.25) is 0 Å². The molecule has 1 aromatic heterocycles. The van der Waals surface area contributed by atoms with Crippen molar-refractivity contribution in [2.24, 2.45) is 0 Å². The molecule has 1 aromatic carbocycles. The number of rotatable bonds is 5. The molecular weight excluding hydrogens is 284 g/mol. The molecule has 2 rings (SSSR count). The second-order valence-electron chi connectivity index (χ2n) is 3.59. The monoisotopic (exact) mass is 296 g/mol. The Bertz CT molecular complexity index is 468. The van der Waals surface area contributed by atoms with E-state index in [0.29, 0.717) is 10.6 Å². The van der Waals surface area contributed by atoms with E-state index in [4.69, 9.17) is 9.26 Å². The van der Waals surface area contributed by atoms with Crippen molar-refractivity contribution in [1.82, 2.24) is 10.1 Å². The molecule has 0 unspecified atom stereocenters. The third-order valence-electron chi connectivity index (χ3n) is 2.27.